The maximum absolute atomic E-state index is 12.6. The summed E-state index contributed by atoms with van der Waals surface area (Å²) in [6.07, 6.45) is 1.66. The van der Waals surface area contributed by atoms with Crippen LogP contribution in [0.2, 0.25) is 0 Å². The molecule has 3 rings (SSSR count). The van der Waals surface area contributed by atoms with Crippen LogP contribution in [0, 0.1) is 0 Å². The van der Waals surface area contributed by atoms with Crippen molar-refractivity contribution in [3.8, 4) is 5.75 Å². The van der Waals surface area contributed by atoms with Gasteiger partial charge in [0, 0.05) is 18.7 Å². The van der Waals surface area contributed by atoms with Crippen molar-refractivity contribution in [3.63, 3.8) is 0 Å². The summed E-state index contributed by atoms with van der Waals surface area (Å²) in [5, 5.41) is 0. The topological polar surface area (TPSA) is 105 Å². The van der Waals surface area contributed by atoms with Crippen molar-refractivity contribution in [2.45, 2.75) is 17.7 Å². The van der Waals surface area contributed by atoms with Crippen LogP contribution in [0.1, 0.15) is 33.6 Å². The van der Waals surface area contributed by atoms with E-state index in [1.807, 2.05) is 0 Å². The predicted octanol–water partition coefficient (Wildman–Crippen LogP) is 1.55. The fourth-order valence-electron chi connectivity index (χ4n) is 2.96. The van der Waals surface area contributed by atoms with Gasteiger partial charge in [0.25, 0.3) is 11.8 Å². The van der Waals surface area contributed by atoms with Crippen molar-refractivity contribution in [3.05, 3.63) is 59.7 Å². The number of ether oxygens (including phenoxy) is 1. The van der Waals surface area contributed by atoms with E-state index in [1.54, 1.807) is 24.3 Å². The Morgan fingerprint density at radius 3 is 2.36 bits per heavy atom. The molecule has 2 aromatic rings. The Balaban J connectivity index is 1.70. The van der Waals surface area contributed by atoms with E-state index < -0.39 is 21.8 Å². The maximum atomic E-state index is 12.6. The van der Waals surface area contributed by atoms with Crippen molar-refractivity contribution >= 4 is 21.8 Å². The molecule has 0 saturated carbocycles. The molecule has 1 aliphatic heterocycles. The molecule has 1 heterocycles. The van der Waals surface area contributed by atoms with Crippen LogP contribution in [-0.4, -0.2) is 44.7 Å². The number of methoxy groups -OCH3 is 1. The zero-order valence-electron chi connectivity index (χ0n) is 15.3. The van der Waals surface area contributed by atoms with E-state index in [1.165, 1.54) is 35.7 Å². The smallest absolute Gasteiger partial charge is 0.273 e. The molecule has 0 radical (unpaired) electrons. The fraction of sp³-hybridized carbons (Fsp3) is 0.263. The van der Waals surface area contributed by atoms with E-state index in [4.69, 9.17) is 4.74 Å². The second kappa shape index (κ2) is 8.41. The quantitative estimate of drug-likeness (QED) is 0.737. The maximum Gasteiger partial charge on any atom is 0.273 e. The standard InChI is InChI=1S/C19H21N3O5S/c1-27-17-10-3-2-9-16(17)19(24)21-20-18(23)14-7-6-8-15(13-14)28(25,26)22-11-4-5-12-22/h2-3,6-10,13H,4-5,11-12H2,1H3,(H,20,23)(H,21,24). The molecule has 9 heteroatoms. The first-order valence-corrected chi connectivity index (χ1v) is 10.2. The number of carbonyl (C=O) groups excluding carboxylic acids is 2. The van der Waals surface area contributed by atoms with Crippen molar-refractivity contribution < 1.29 is 22.7 Å². The first-order chi connectivity index (χ1) is 13.4. The number of hydrogen-bond donors (Lipinski definition) is 2. The van der Waals surface area contributed by atoms with Gasteiger partial charge in [0.1, 0.15) is 5.75 Å². The molecule has 148 valence electrons. The number of carbonyl (C=O) groups is 2. The molecule has 2 amide bonds. The van der Waals surface area contributed by atoms with E-state index in [9.17, 15) is 18.0 Å². The highest BCUT2D eigenvalue weighted by Gasteiger charge is 2.27. The van der Waals surface area contributed by atoms with Gasteiger partial charge in [0.05, 0.1) is 17.6 Å². The van der Waals surface area contributed by atoms with E-state index in [-0.39, 0.29) is 16.0 Å². The highest BCUT2D eigenvalue weighted by Crippen LogP contribution is 2.21. The van der Waals surface area contributed by atoms with Crippen LogP contribution >= 0.6 is 0 Å². The third kappa shape index (κ3) is 4.15. The molecule has 0 aromatic heterocycles. The highest BCUT2D eigenvalue weighted by molar-refractivity contribution is 7.89. The van der Waals surface area contributed by atoms with Crippen molar-refractivity contribution in [1.82, 2.24) is 15.2 Å². The molecule has 8 nitrogen and oxygen atoms in total. The lowest BCUT2D eigenvalue weighted by molar-refractivity contribution is 0.0845. The summed E-state index contributed by atoms with van der Waals surface area (Å²) in [5.41, 5.74) is 4.99. The molecule has 2 aromatic carbocycles. The highest BCUT2D eigenvalue weighted by atomic mass is 32.2. The molecule has 28 heavy (non-hydrogen) atoms. The third-order valence-electron chi connectivity index (χ3n) is 4.44. The molecular weight excluding hydrogens is 382 g/mol. The van der Waals surface area contributed by atoms with Crippen molar-refractivity contribution in [2.24, 2.45) is 0 Å². The fourth-order valence-corrected chi connectivity index (χ4v) is 4.52. The zero-order valence-corrected chi connectivity index (χ0v) is 16.2. The minimum atomic E-state index is -3.63. The minimum absolute atomic E-state index is 0.0538. The zero-order chi connectivity index (χ0) is 20.1. The van der Waals surface area contributed by atoms with Gasteiger partial charge in [-0.15, -0.1) is 0 Å². The summed E-state index contributed by atoms with van der Waals surface area (Å²) in [7, 11) is -2.19. The average molecular weight is 403 g/mol. The molecule has 1 fully saturated rings. The van der Waals surface area contributed by atoms with Crippen LogP contribution in [0.3, 0.4) is 0 Å². The molecule has 0 unspecified atom stereocenters. The summed E-state index contributed by atoms with van der Waals surface area (Å²) in [6.45, 7) is 0.960. The monoisotopic (exact) mass is 403 g/mol. The lowest BCUT2D eigenvalue weighted by atomic mass is 10.2. The van der Waals surface area contributed by atoms with E-state index in [2.05, 4.69) is 10.9 Å². The Morgan fingerprint density at radius 1 is 0.964 bits per heavy atom. The summed E-state index contributed by atoms with van der Waals surface area (Å²) in [5.74, 6) is -0.804. The summed E-state index contributed by atoms with van der Waals surface area (Å²) >= 11 is 0. The van der Waals surface area contributed by atoms with Gasteiger partial charge in [-0.1, -0.05) is 18.2 Å². The number of nitrogens with one attached hydrogen (secondary N) is 2. The number of rotatable bonds is 5. The average Bonchev–Trinajstić information content (AvgIpc) is 3.27. The van der Waals surface area contributed by atoms with E-state index in [0.717, 1.165) is 12.8 Å². The summed E-state index contributed by atoms with van der Waals surface area (Å²) in [4.78, 5) is 24.7. The second-order valence-electron chi connectivity index (χ2n) is 6.25. The number of nitrogens with zero attached hydrogens (tertiary/aromatic N) is 1. The molecule has 1 saturated heterocycles. The van der Waals surface area contributed by atoms with Gasteiger partial charge in [-0.3, -0.25) is 20.4 Å². The number of sulfonamides is 1. The molecule has 0 bridgehead atoms. The Morgan fingerprint density at radius 2 is 1.64 bits per heavy atom. The molecule has 0 spiro atoms. The van der Waals surface area contributed by atoms with E-state index in [0.29, 0.717) is 18.8 Å². The first-order valence-electron chi connectivity index (χ1n) is 8.77. The van der Waals surface area contributed by atoms with Gasteiger partial charge in [-0.05, 0) is 43.2 Å². The Labute approximate surface area is 163 Å². The van der Waals surface area contributed by atoms with Gasteiger partial charge in [-0.25, -0.2) is 8.42 Å². The molecular formula is C19H21N3O5S. The summed E-state index contributed by atoms with van der Waals surface area (Å²) < 4.78 is 31.8. The molecule has 0 atom stereocenters. The van der Waals surface area contributed by atoms with E-state index >= 15 is 0 Å². The Hall–Kier alpha value is -2.91. The van der Waals surface area contributed by atoms with Gasteiger partial charge < -0.3 is 4.74 Å². The number of para-hydroxylation sites is 1. The van der Waals surface area contributed by atoms with Crippen LogP contribution in [0.25, 0.3) is 0 Å². The van der Waals surface area contributed by atoms with Crippen molar-refractivity contribution in [1.29, 1.82) is 0 Å². The SMILES string of the molecule is COc1ccccc1C(=O)NNC(=O)c1cccc(S(=O)(=O)N2CCCC2)c1. The number of hydrogen-bond acceptors (Lipinski definition) is 5. The number of amides is 2. The predicted molar refractivity (Wildman–Crippen MR) is 102 cm³/mol. The lowest BCUT2D eigenvalue weighted by Gasteiger charge is -2.16. The Kier molecular flexibility index (Phi) is 5.96. The van der Waals surface area contributed by atoms with Crippen LogP contribution in [0.15, 0.2) is 53.4 Å². The van der Waals surface area contributed by atoms with Crippen molar-refractivity contribution in [2.75, 3.05) is 20.2 Å². The molecule has 1 aliphatic rings. The van der Waals surface area contributed by atoms with Gasteiger partial charge in [-0.2, -0.15) is 4.31 Å². The van der Waals surface area contributed by atoms with Crippen LogP contribution in [0.5, 0.6) is 5.75 Å². The number of benzene rings is 2. The van der Waals surface area contributed by atoms with Gasteiger partial charge >= 0.3 is 0 Å². The van der Waals surface area contributed by atoms with Crippen LogP contribution < -0.4 is 15.6 Å². The first kappa shape index (κ1) is 19.8. The normalized spacial score (nSPS) is 14.5. The Bertz CT molecular complexity index is 985. The summed E-state index contributed by atoms with van der Waals surface area (Å²) in [6, 6.07) is 12.3. The second-order valence-corrected chi connectivity index (χ2v) is 8.19. The number of hydrazine groups is 1. The molecule has 0 aliphatic carbocycles. The van der Waals surface area contributed by atoms with Crippen LogP contribution in [0.4, 0.5) is 0 Å². The van der Waals surface area contributed by atoms with Gasteiger partial charge in [0.15, 0.2) is 0 Å². The third-order valence-corrected chi connectivity index (χ3v) is 6.33. The molecule has 2 N–H and O–H groups in total. The largest absolute Gasteiger partial charge is 0.496 e. The van der Waals surface area contributed by atoms with Gasteiger partial charge in [0.2, 0.25) is 10.0 Å². The van der Waals surface area contributed by atoms with Crippen LogP contribution in [-0.2, 0) is 10.0 Å². The minimum Gasteiger partial charge on any atom is -0.496 e. The lowest BCUT2D eigenvalue weighted by Crippen LogP contribution is -2.41.